The Bertz CT molecular complexity index is 923. The second-order valence-electron chi connectivity index (χ2n) is 5.56. The van der Waals surface area contributed by atoms with Gasteiger partial charge < -0.3 is 14.8 Å². The van der Waals surface area contributed by atoms with E-state index in [0.717, 1.165) is 11.3 Å². The van der Waals surface area contributed by atoms with Crippen LogP contribution in [0.1, 0.15) is 21.7 Å². The quantitative estimate of drug-likeness (QED) is 0.728. The molecular formula is C18H19N5O3. The van der Waals surface area contributed by atoms with Crippen LogP contribution in [0.2, 0.25) is 0 Å². The molecule has 0 unspecified atom stereocenters. The van der Waals surface area contributed by atoms with E-state index in [1.807, 2.05) is 18.2 Å². The Balaban J connectivity index is 1.72. The number of rotatable bonds is 6. The zero-order valence-electron chi connectivity index (χ0n) is 14.8. The number of nitrogens with one attached hydrogen (secondary N) is 1. The van der Waals surface area contributed by atoms with Crippen LogP contribution in [0.4, 0.5) is 0 Å². The Hall–Kier alpha value is -3.42. The molecule has 3 aromatic rings. The van der Waals surface area contributed by atoms with Gasteiger partial charge in [-0.25, -0.2) is 0 Å². The number of aryl methyl sites for hydroxylation is 1. The fourth-order valence-corrected chi connectivity index (χ4v) is 2.52. The normalized spacial score (nSPS) is 10.4. The number of hydrogen-bond acceptors (Lipinski definition) is 6. The van der Waals surface area contributed by atoms with Crippen molar-refractivity contribution in [2.75, 3.05) is 14.2 Å². The van der Waals surface area contributed by atoms with Crippen LogP contribution in [0, 0.1) is 6.92 Å². The van der Waals surface area contributed by atoms with E-state index < -0.39 is 0 Å². The van der Waals surface area contributed by atoms with Gasteiger partial charge in [-0.15, -0.1) is 5.10 Å². The Morgan fingerprint density at radius 1 is 1.12 bits per heavy atom. The molecule has 0 aliphatic rings. The fraction of sp³-hybridized carbons (Fsp3) is 0.222. The van der Waals surface area contributed by atoms with Crippen molar-refractivity contribution in [2.45, 2.75) is 13.5 Å². The van der Waals surface area contributed by atoms with Crippen molar-refractivity contribution in [1.29, 1.82) is 0 Å². The van der Waals surface area contributed by atoms with Gasteiger partial charge in [0.2, 0.25) is 0 Å². The number of methoxy groups -OCH3 is 2. The summed E-state index contributed by atoms with van der Waals surface area (Å²) in [5, 5.41) is 14.3. The number of carbonyl (C=O) groups is 1. The summed E-state index contributed by atoms with van der Waals surface area (Å²) in [6.07, 6.45) is 0. The fourth-order valence-electron chi connectivity index (χ4n) is 2.52. The maximum atomic E-state index is 12.5. The first-order valence-electron chi connectivity index (χ1n) is 7.97. The lowest BCUT2D eigenvalue weighted by atomic mass is 10.1. The molecular weight excluding hydrogens is 334 g/mol. The SMILES string of the molecule is COc1ccc(CNC(=O)c2cccc(-n3nnnc3C)c2)cc1OC. The van der Waals surface area contributed by atoms with Gasteiger partial charge in [0.05, 0.1) is 19.9 Å². The first-order valence-corrected chi connectivity index (χ1v) is 7.97. The second kappa shape index (κ2) is 7.64. The Morgan fingerprint density at radius 2 is 1.92 bits per heavy atom. The van der Waals surface area contributed by atoms with Crippen LogP contribution < -0.4 is 14.8 Å². The number of aromatic nitrogens is 4. The van der Waals surface area contributed by atoms with Gasteiger partial charge in [-0.05, 0) is 53.2 Å². The third-order valence-corrected chi connectivity index (χ3v) is 3.88. The molecule has 0 spiro atoms. The van der Waals surface area contributed by atoms with E-state index in [1.54, 1.807) is 50.1 Å². The molecule has 1 N–H and O–H groups in total. The summed E-state index contributed by atoms with van der Waals surface area (Å²) >= 11 is 0. The predicted octanol–water partition coefficient (Wildman–Crippen LogP) is 1.92. The number of tetrazole rings is 1. The highest BCUT2D eigenvalue weighted by atomic mass is 16.5. The van der Waals surface area contributed by atoms with E-state index in [9.17, 15) is 4.79 Å². The van der Waals surface area contributed by atoms with Crippen LogP contribution in [0.3, 0.4) is 0 Å². The highest BCUT2D eigenvalue weighted by Crippen LogP contribution is 2.27. The van der Waals surface area contributed by atoms with E-state index in [1.165, 1.54) is 0 Å². The number of hydrogen-bond donors (Lipinski definition) is 1. The number of amides is 1. The minimum atomic E-state index is -0.188. The van der Waals surface area contributed by atoms with E-state index in [4.69, 9.17) is 9.47 Å². The van der Waals surface area contributed by atoms with Crippen LogP contribution in [0.15, 0.2) is 42.5 Å². The molecule has 8 heteroatoms. The molecule has 0 bridgehead atoms. The minimum Gasteiger partial charge on any atom is -0.493 e. The third kappa shape index (κ3) is 3.64. The summed E-state index contributed by atoms with van der Waals surface area (Å²) in [7, 11) is 3.16. The molecule has 0 fully saturated rings. The van der Waals surface area contributed by atoms with Gasteiger partial charge in [0, 0.05) is 12.1 Å². The van der Waals surface area contributed by atoms with Crippen LogP contribution in [0.5, 0.6) is 11.5 Å². The summed E-state index contributed by atoms with van der Waals surface area (Å²) in [6, 6.07) is 12.6. The molecule has 0 atom stereocenters. The van der Waals surface area contributed by atoms with Gasteiger partial charge in [0.15, 0.2) is 17.3 Å². The topological polar surface area (TPSA) is 91.2 Å². The highest BCUT2D eigenvalue weighted by molar-refractivity contribution is 5.94. The number of carbonyl (C=O) groups excluding carboxylic acids is 1. The molecule has 2 aromatic carbocycles. The van der Waals surface area contributed by atoms with Crippen molar-refractivity contribution in [3.8, 4) is 17.2 Å². The van der Waals surface area contributed by atoms with E-state index >= 15 is 0 Å². The maximum absolute atomic E-state index is 12.5. The zero-order chi connectivity index (χ0) is 18.5. The number of benzene rings is 2. The van der Waals surface area contributed by atoms with Crippen molar-refractivity contribution in [3.63, 3.8) is 0 Å². The highest BCUT2D eigenvalue weighted by Gasteiger charge is 2.10. The molecule has 0 aliphatic heterocycles. The number of ether oxygens (including phenoxy) is 2. The monoisotopic (exact) mass is 353 g/mol. The smallest absolute Gasteiger partial charge is 0.251 e. The molecule has 134 valence electrons. The number of nitrogens with zero attached hydrogens (tertiary/aromatic N) is 4. The Labute approximate surface area is 150 Å². The Kier molecular flexibility index (Phi) is 5.12. The minimum absolute atomic E-state index is 0.188. The lowest BCUT2D eigenvalue weighted by Gasteiger charge is -2.11. The maximum Gasteiger partial charge on any atom is 0.251 e. The standard InChI is InChI=1S/C18H19N5O3/c1-12-20-21-22-23(12)15-6-4-5-14(10-15)18(24)19-11-13-7-8-16(25-2)17(9-13)26-3/h4-10H,11H2,1-3H3,(H,19,24). The zero-order valence-corrected chi connectivity index (χ0v) is 14.8. The second-order valence-corrected chi connectivity index (χ2v) is 5.56. The van der Waals surface area contributed by atoms with Crippen LogP contribution in [0.25, 0.3) is 5.69 Å². The molecule has 8 nitrogen and oxygen atoms in total. The average Bonchev–Trinajstić information content (AvgIpc) is 3.11. The average molecular weight is 353 g/mol. The molecule has 3 rings (SSSR count). The lowest BCUT2D eigenvalue weighted by Crippen LogP contribution is -2.23. The summed E-state index contributed by atoms with van der Waals surface area (Å²) in [5.74, 6) is 1.72. The summed E-state index contributed by atoms with van der Waals surface area (Å²) < 4.78 is 12.1. The van der Waals surface area contributed by atoms with Crippen LogP contribution in [-0.4, -0.2) is 40.3 Å². The van der Waals surface area contributed by atoms with Crippen molar-refractivity contribution >= 4 is 5.91 Å². The predicted molar refractivity (Wildman–Crippen MR) is 94.6 cm³/mol. The van der Waals surface area contributed by atoms with Crippen molar-refractivity contribution in [1.82, 2.24) is 25.5 Å². The lowest BCUT2D eigenvalue weighted by molar-refractivity contribution is 0.0951. The molecule has 0 aliphatic carbocycles. The molecule has 1 amide bonds. The Morgan fingerprint density at radius 3 is 2.62 bits per heavy atom. The van der Waals surface area contributed by atoms with Gasteiger partial charge in [-0.3, -0.25) is 4.79 Å². The molecule has 0 radical (unpaired) electrons. The first kappa shape index (κ1) is 17.4. The van der Waals surface area contributed by atoms with Gasteiger partial charge in [0.25, 0.3) is 5.91 Å². The molecule has 0 saturated carbocycles. The summed E-state index contributed by atoms with van der Waals surface area (Å²) in [6.45, 7) is 2.16. The van der Waals surface area contributed by atoms with Gasteiger partial charge in [-0.2, -0.15) is 4.68 Å². The third-order valence-electron chi connectivity index (χ3n) is 3.88. The van der Waals surface area contributed by atoms with Crippen LogP contribution >= 0.6 is 0 Å². The van der Waals surface area contributed by atoms with Crippen molar-refractivity contribution in [2.24, 2.45) is 0 Å². The molecule has 1 aromatic heterocycles. The van der Waals surface area contributed by atoms with Gasteiger partial charge >= 0.3 is 0 Å². The molecule has 26 heavy (non-hydrogen) atoms. The van der Waals surface area contributed by atoms with Crippen molar-refractivity contribution in [3.05, 3.63) is 59.4 Å². The largest absolute Gasteiger partial charge is 0.493 e. The van der Waals surface area contributed by atoms with Gasteiger partial charge in [-0.1, -0.05) is 12.1 Å². The van der Waals surface area contributed by atoms with Crippen molar-refractivity contribution < 1.29 is 14.3 Å². The molecule has 0 saturated heterocycles. The van der Waals surface area contributed by atoms with Gasteiger partial charge in [0.1, 0.15) is 0 Å². The summed E-state index contributed by atoms with van der Waals surface area (Å²) in [5.41, 5.74) is 2.16. The van der Waals surface area contributed by atoms with E-state index in [2.05, 4.69) is 20.8 Å². The van der Waals surface area contributed by atoms with E-state index in [-0.39, 0.29) is 5.91 Å². The van der Waals surface area contributed by atoms with E-state index in [0.29, 0.717) is 29.4 Å². The molecule has 1 heterocycles. The summed E-state index contributed by atoms with van der Waals surface area (Å²) in [4.78, 5) is 12.5. The first-order chi connectivity index (χ1) is 12.6. The van der Waals surface area contributed by atoms with Crippen LogP contribution in [-0.2, 0) is 6.54 Å².